The minimum atomic E-state index is -0.533. The molecule has 0 radical (unpaired) electrons. The Labute approximate surface area is 175 Å². The molecule has 1 aliphatic carbocycles. The maximum absolute atomic E-state index is 12.3. The van der Waals surface area contributed by atoms with E-state index in [-0.39, 0.29) is 17.6 Å². The van der Waals surface area contributed by atoms with E-state index in [1.165, 1.54) is 5.57 Å². The van der Waals surface area contributed by atoms with Crippen LogP contribution in [0.5, 0.6) is 11.5 Å². The van der Waals surface area contributed by atoms with E-state index in [4.69, 9.17) is 4.74 Å². The topological polar surface area (TPSA) is 70.6 Å². The molecule has 0 saturated carbocycles. The average Bonchev–Trinajstić information content (AvgIpc) is 2.66. The number of allylic oxidation sites excluding steroid dienone is 3. The van der Waals surface area contributed by atoms with Crippen LogP contribution in [0.1, 0.15) is 69.9 Å². The summed E-state index contributed by atoms with van der Waals surface area (Å²) in [5, 5.41) is 16.5. The first-order chi connectivity index (χ1) is 13.9. The van der Waals surface area contributed by atoms with Crippen LogP contribution in [0.4, 0.5) is 4.79 Å². The standard InChI is InChI=1S/C24H36N2O3/c1-6-7-8-9-18-13-21(27)23(22(14-18)29-24(28)26-15-25-5)20-12-17(4)10-11-19(20)16(2)3/h12-14,19-20,25,27H,2,6-11,15H2,1,3-5H3,(H,26,28). The van der Waals surface area contributed by atoms with Crippen molar-refractivity contribution in [1.82, 2.24) is 10.6 Å². The largest absolute Gasteiger partial charge is 0.507 e. The van der Waals surface area contributed by atoms with Gasteiger partial charge in [0.05, 0.1) is 6.67 Å². The fraction of sp³-hybridized carbons (Fsp3) is 0.542. The van der Waals surface area contributed by atoms with Crippen LogP contribution in [0.3, 0.4) is 0 Å². The Balaban J connectivity index is 2.45. The summed E-state index contributed by atoms with van der Waals surface area (Å²) < 4.78 is 5.68. The van der Waals surface area contributed by atoms with Gasteiger partial charge in [0, 0.05) is 11.5 Å². The molecule has 5 heteroatoms. The third-order valence-corrected chi connectivity index (χ3v) is 5.57. The molecule has 160 valence electrons. The van der Waals surface area contributed by atoms with Gasteiger partial charge in [0.25, 0.3) is 0 Å². The first-order valence-corrected chi connectivity index (χ1v) is 10.7. The van der Waals surface area contributed by atoms with Crippen molar-refractivity contribution in [1.29, 1.82) is 0 Å². The van der Waals surface area contributed by atoms with Gasteiger partial charge in [-0.3, -0.25) is 0 Å². The third-order valence-electron chi connectivity index (χ3n) is 5.57. The minimum Gasteiger partial charge on any atom is -0.507 e. The highest BCUT2D eigenvalue weighted by molar-refractivity contribution is 5.71. The van der Waals surface area contributed by atoms with E-state index in [0.717, 1.165) is 49.7 Å². The van der Waals surface area contributed by atoms with Crippen LogP contribution in [0.2, 0.25) is 0 Å². The number of benzene rings is 1. The van der Waals surface area contributed by atoms with Gasteiger partial charge in [0.15, 0.2) is 0 Å². The number of carbonyl (C=O) groups excluding carboxylic acids is 1. The first kappa shape index (κ1) is 23.0. The van der Waals surface area contributed by atoms with Gasteiger partial charge in [-0.1, -0.05) is 43.6 Å². The van der Waals surface area contributed by atoms with Gasteiger partial charge in [-0.25, -0.2) is 4.79 Å². The van der Waals surface area contributed by atoms with Crippen molar-refractivity contribution in [2.45, 2.75) is 65.2 Å². The molecule has 29 heavy (non-hydrogen) atoms. The molecule has 0 heterocycles. The van der Waals surface area contributed by atoms with Gasteiger partial charge < -0.3 is 20.5 Å². The fourth-order valence-electron chi connectivity index (χ4n) is 4.01. The highest BCUT2D eigenvalue weighted by Crippen LogP contribution is 2.47. The Kier molecular flexibility index (Phi) is 8.77. The van der Waals surface area contributed by atoms with Crippen LogP contribution >= 0.6 is 0 Å². The lowest BCUT2D eigenvalue weighted by molar-refractivity contribution is 0.199. The molecule has 0 fully saturated rings. The van der Waals surface area contributed by atoms with Crippen LogP contribution in [0.25, 0.3) is 0 Å². The van der Waals surface area contributed by atoms with Crippen molar-refractivity contribution in [3.63, 3.8) is 0 Å². The Bertz CT molecular complexity index is 755. The number of ether oxygens (including phenoxy) is 1. The lowest BCUT2D eigenvalue weighted by Gasteiger charge is -2.32. The molecule has 0 saturated heterocycles. The molecule has 1 aromatic carbocycles. The second-order valence-electron chi connectivity index (χ2n) is 8.11. The molecule has 1 aromatic rings. The minimum absolute atomic E-state index is 0.0574. The maximum atomic E-state index is 12.3. The first-order valence-electron chi connectivity index (χ1n) is 10.7. The summed E-state index contributed by atoms with van der Waals surface area (Å²) in [5.74, 6) is 0.779. The van der Waals surface area contributed by atoms with E-state index in [1.807, 2.05) is 19.1 Å². The number of phenolic OH excluding ortho intramolecular Hbond substituents is 1. The molecule has 0 aromatic heterocycles. The van der Waals surface area contributed by atoms with E-state index in [1.54, 1.807) is 7.05 Å². The van der Waals surface area contributed by atoms with Gasteiger partial charge in [-0.05, 0) is 70.2 Å². The zero-order chi connectivity index (χ0) is 21.4. The highest BCUT2D eigenvalue weighted by Gasteiger charge is 2.31. The summed E-state index contributed by atoms with van der Waals surface area (Å²) in [6.07, 6.45) is 7.79. The molecular weight excluding hydrogens is 364 g/mol. The fourth-order valence-corrected chi connectivity index (χ4v) is 4.01. The molecule has 0 bridgehead atoms. The molecule has 1 aliphatic rings. The summed E-state index contributed by atoms with van der Waals surface area (Å²) in [6, 6.07) is 3.74. The molecule has 2 atom stereocenters. The number of carbonyl (C=O) groups is 1. The number of amides is 1. The van der Waals surface area contributed by atoms with Crippen molar-refractivity contribution in [2.24, 2.45) is 5.92 Å². The number of hydrogen-bond acceptors (Lipinski definition) is 4. The van der Waals surface area contributed by atoms with Gasteiger partial charge in [0.2, 0.25) is 0 Å². The maximum Gasteiger partial charge on any atom is 0.413 e. The Morgan fingerprint density at radius 1 is 1.34 bits per heavy atom. The smallest absolute Gasteiger partial charge is 0.413 e. The van der Waals surface area contributed by atoms with Crippen LogP contribution in [-0.4, -0.2) is 24.9 Å². The predicted molar refractivity (Wildman–Crippen MR) is 118 cm³/mol. The monoisotopic (exact) mass is 400 g/mol. The number of hydrogen-bond donors (Lipinski definition) is 3. The van der Waals surface area contributed by atoms with Crippen LogP contribution < -0.4 is 15.4 Å². The van der Waals surface area contributed by atoms with Crippen molar-refractivity contribution < 1.29 is 14.6 Å². The second-order valence-corrected chi connectivity index (χ2v) is 8.11. The zero-order valence-corrected chi connectivity index (χ0v) is 18.3. The van der Waals surface area contributed by atoms with E-state index >= 15 is 0 Å². The number of unbranched alkanes of at least 4 members (excludes halogenated alkanes) is 2. The zero-order valence-electron chi connectivity index (χ0n) is 18.3. The van der Waals surface area contributed by atoms with E-state index in [9.17, 15) is 9.90 Å². The van der Waals surface area contributed by atoms with Gasteiger partial charge in [-0.2, -0.15) is 0 Å². The normalized spacial score (nSPS) is 18.8. The highest BCUT2D eigenvalue weighted by atomic mass is 16.6. The van der Waals surface area contributed by atoms with Gasteiger partial charge in [-0.15, -0.1) is 0 Å². The molecular formula is C24H36N2O3. The lowest BCUT2D eigenvalue weighted by atomic mass is 9.73. The number of aromatic hydroxyl groups is 1. The van der Waals surface area contributed by atoms with Crippen molar-refractivity contribution in [3.8, 4) is 11.5 Å². The van der Waals surface area contributed by atoms with Gasteiger partial charge >= 0.3 is 6.09 Å². The van der Waals surface area contributed by atoms with Crippen LogP contribution in [-0.2, 0) is 6.42 Å². The SMILES string of the molecule is C=C(C)C1CCC(C)=CC1c1c(O)cc(CCCCC)cc1OC(=O)NCNC. The van der Waals surface area contributed by atoms with Crippen LogP contribution in [0, 0.1) is 5.92 Å². The number of phenols is 1. The Hall–Kier alpha value is -2.27. The van der Waals surface area contributed by atoms with E-state index in [2.05, 4.69) is 37.1 Å². The quantitative estimate of drug-likeness (QED) is 0.295. The molecule has 2 rings (SSSR count). The summed E-state index contributed by atoms with van der Waals surface area (Å²) >= 11 is 0. The summed E-state index contributed by atoms with van der Waals surface area (Å²) in [6.45, 7) is 10.8. The molecule has 2 unspecified atom stereocenters. The molecule has 1 amide bonds. The number of nitrogens with one attached hydrogen (secondary N) is 2. The van der Waals surface area contributed by atoms with Crippen molar-refractivity contribution >= 4 is 6.09 Å². The van der Waals surface area contributed by atoms with Crippen LogP contribution in [0.15, 0.2) is 35.9 Å². The Morgan fingerprint density at radius 2 is 2.10 bits per heavy atom. The van der Waals surface area contributed by atoms with Gasteiger partial charge in [0.1, 0.15) is 11.5 Å². The lowest BCUT2D eigenvalue weighted by Crippen LogP contribution is -2.34. The number of aryl methyl sites for hydroxylation is 1. The molecule has 5 nitrogen and oxygen atoms in total. The van der Waals surface area contributed by atoms with E-state index < -0.39 is 6.09 Å². The van der Waals surface area contributed by atoms with E-state index in [0.29, 0.717) is 18.0 Å². The van der Waals surface area contributed by atoms with Crippen molar-refractivity contribution in [3.05, 3.63) is 47.1 Å². The summed E-state index contributed by atoms with van der Waals surface area (Å²) in [5.41, 5.74) is 4.02. The Morgan fingerprint density at radius 3 is 2.76 bits per heavy atom. The van der Waals surface area contributed by atoms with Crippen molar-refractivity contribution in [2.75, 3.05) is 13.7 Å². The average molecular weight is 401 g/mol. The second kappa shape index (κ2) is 11.1. The molecule has 0 spiro atoms. The predicted octanol–water partition coefficient (Wildman–Crippen LogP) is 5.41. The summed E-state index contributed by atoms with van der Waals surface area (Å²) in [4.78, 5) is 12.3. The molecule has 3 N–H and O–H groups in total. The number of rotatable bonds is 9. The third kappa shape index (κ3) is 6.36. The molecule has 0 aliphatic heterocycles. The summed E-state index contributed by atoms with van der Waals surface area (Å²) in [7, 11) is 1.75.